The highest BCUT2D eigenvalue weighted by Gasteiger charge is 2.35. The zero-order valence-electron chi connectivity index (χ0n) is 11.8. The third-order valence-electron chi connectivity index (χ3n) is 4.89. The number of benzene rings is 1. The van der Waals surface area contributed by atoms with Gasteiger partial charge in [0.05, 0.1) is 15.7 Å². The molecular formula is C16H19ClN2OS. The first-order valence-corrected chi connectivity index (χ1v) is 8.26. The Labute approximate surface area is 134 Å². The Morgan fingerprint density at radius 3 is 2.86 bits per heavy atom. The largest absolute Gasteiger partial charge is 0.303 e. The van der Waals surface area contributed by atoms with Crippen molar-refractivity contribution in [1.82, 2.24) is 9.88 Å². The van der Waals surface area contributed by atoms with E-state index in [0.717, 1.165) is 28.2 Å². The number of aromatic nitrogens is 1. The van der Waals surface area contributed by atoms with Crippen LogP contribution in [0.25, 0.3) is 10.2 Å². The maximum absolute atomic E-state index is 12.5. The van der Waals surface area contributed by atoms with Crippen molar-refractivity contribution < 1.29 is 4.79 Å². The first-order valence-electron chi connectivity index (χ1n) is 7.38. The van der Waals surface area contributed by atoms with Gasteiger partial charge >= 0.3 is 0 Å². The summed E-state index contributed by atoms with van der Waals surface area (Å²) in [6, 6.07) is 5.91. The maximum atomic E-state index is 12.5. The van der Waals surface area contributed by atoms with Gasteiger partial charge in [0.25, 0.3) is 0 Å². The fraction of sp³-hybridized carbons (Fsp3) is 0.500. The van der Waals surface area contributed by atoms with Crippen LogP contribution in [-0.4, -0.2) is 35.3 Å². The lowest BCUT2D eigenvalue weighted by atomic mass is 9.76. The molecular weight excluding hydrogens is 304 g/mol. The molecule has 2 bridgehead atoms. The number of Topliss-reactive ketones (excluding diaryl/α,β-unsaturated/α-hetero) is 1. The maximum Gasteiger partial charge on any atom is 0.163 e. The Morgan fingerprint density at radius 1 is 1.33 bits per heavy atom. The normalized spacial score (nSPS) is 27.5. The Kier molecular flexibility index (Phi) is 4.29. The topological polar surface area (TPSA) is 33.2 Å². The smallest absolute Gasteiger partial charge is 0.163 e. The number of halogens is 1. The molecule has 4 heterocycles. The molecule has 3 saturated heterocycles. The first kappa shape index (κ1) is 14.9. The molecule has 1 aromatic heterocycles. The minimum atomic E-state index is 0. The van der Waals surface area contributed by atoms with Gasteiger partial charge in [0, 0.05) is 18.5 Å². The van der Waals surface area contributed by atoms with Crippen LogP contribution in [0.5, 0.6) is 0 Å². The van der Waals surface area contributed by atoms with Gasteiger partial charge in [-0.3, -0.25) is 4.79 Å². The summed E-state index contributed by atoms with van der Waals surface area (Å²) in [7, 11) is 0. The van der Waals surface area contributed by atoms with E-state index < -0.39 is 0 Å². The molecule has 5 rings (SSSR count). The zero-order chi connectivity index (χ0) is 13.5. The summed E-state index contributed by atoms with van der Waals surface area (Å²) in [6.07, 6.45) is 3.28. The molecule has 112 valence electrons. The van der Waals surface area contributed by atoms with Crippen LogP contribution in [0, 0.1) is 11.8 Å². The van der Waals surface area contributed by atoms with Crippen LogP contribution in [0.3, 0.4) is 0 Å². The van der Waals surface area contributed by atoms with E-state index in [1.807, 2.05) is 23.7 Å². The summed E-state index contributed by atoms with van der Waals surface area (Å²) < 4.78 is 1.12. The molecule has 1 aromatic carbocycles. The molecule has 0 spiro atoms. The predicted molar refractivity (Wildman–Crippen MR) is 88.5 cm³/mol. The summed E-state index contributed by atoms with van der Waals surface area (Å²) in [6.45, 7) is 3.60. The van der Waals surface area contributed by atoms with Gasteiger partial charge in [0.1, 0.15) is 0 Å². The van der Waals surface area contributed by atoms with Crippen molar-refractivity contribution in [1.29, 1.82) is 0 Å². The molecule has 3 nitrogen and oxygen atoms in total. The molecule has 5 heteroatoms. The van der Waals surface area contributed by atoms with E-state index in [1.165, 1.54) is 25.9 Å². The monoisotopic (exact) mass is 322 g/mol. The van der Waals surface area contributed by atoms with Gasteiger partial charge in [-0.2, -0.15) is 0 Å². The molecule has 0 amide bonds. The average molecular weight is 323 g/mol. The zero-order valence-corrected chi connectivity index (χ0v) is 13.5. The Bertz CT molecular complexity index is 649. The molecule has 3 fully saturated rings. The van der Waals surface area contributed by atoms with E-state index in [0.29, 0.717) is 18.1 Å². The Hall–Kier alpha value is -0.970. The fourth-order valence-corrected chi connectivity index (χ4v) is 4.42. The second-order valence-corrected chi connectivity index (χ2v) is 6.95. The minimum absolute atomic E-state index is 0. The summed E-state index contributed by atoms with van der Waals surface area (Å²) in [4.78, 5) is 19.3. The first-order chi connectivity index (χ1) is 9.79. The van der Waals surface area contributed by atoms with Crippen molar-refractivity contribution in [3.05, 3.63) is 29.3 Å². The molecule has 0 unspecified atom stereocenters. The number of rotatable bonds is 3. The van der Waals surface area contributed by atoms with E-state index in [2.05, 4.69) is 9.88 Å². The van der Waals surface area contributed by atoms with Crippen molar-refractivity contribution in [2.45, 2.75) is 19.3 Å². The summed E-state index contributed by atoms with van der Waals surface area (Å²) >= 11 is 1.61. The lowest BCUT2D eigenvalue weighted by molar-refractivity contribution is 0.0441. The number of fused-ring (bicyclic) bond motifs is 4. The Morgan fingerprint density at radius 2 is 2.14 bits per heavy atom. The van der Waals surface area contributed by atoms with Crippen LogP contribution in [-0.2, 0) is 0 Å². The van der Waals surface area contributed by atoms with Crippen LogP contribution < -0.4 is 0 Å². The summed E-state index contributed by atoms with van der Waals surface area (Å²) in [5.41, 5.74) is 3.69. The van der Waals surface area contributed by atoms with Crippen molar-refractivity contribution >= 4 is 39.7 Å². The third kappa shape index (κ3) is 2.85. The van der Waals surface area contributed by atoms with Gasteiger partial charge in [-0.25, -0.2) is 4.98 Å². The second-order valence-electron chi connectivity index (χ2n) is 6.06. The molecule has 21 heavy (non-hydrogen) atoms. The van der Waals surface area contributed by atoms with E-state index >= 15 is 0 Å². The number of hydrogen-bond acceptors (Lipinski definition) is 4. The number of carbonyl (C=O) groups excluding carboxylic acids is 1. The van der Waals surface area contributed by atoms with E-state index in [-0.39, 0.29) is 12.4 Å². The molecule has 3 aliphatic rings. The number of ketones is 1. The summed E-state index contributed by atoms with van der Waals surface area (Å²) in [5, 5.41) is 0. The molecule has 0 N–H and O–H groups in total. The Balaban J connectivity index is 0.00000132. The van der Waals surface area contributed by atoms with Gasteiger partial charge < -0.3 is 4.90 Å². The lowest BCUT2D eigenvalue weighted by Gasteiger charge is -2.44. The average Bonchev–Trinajstić information content (AvgIpc) is 2.96. The number of carbonyl (C=O) groups is 1. The van der Waals surface area contributed by atoms with Gasteiger partial charge in [0.2, 0.25) is 0 Å². The SMILES string of the molecule is Cl.O=C(C[C@@H]1CN2CCC1CC2)c1ccc2ncsc2c1. The van der Waals surface area contributed by atoms with Gasteiger partial charge in [-0.1, -0.05) is 0 Å². The highest BCUT2D eigenvalue weighted by molar-refractivity contribution is 7.16. The molecule has 0 aliphatic carbocycles. The van der Waals surface area contributed by atoms with Gasteiger partial charge in [0.15, 0.2) is 5.78 Å². The van der Waals surface area contributed by atoms with Crippen LogP contribution in [0.15, 0.2) is 23.7 Å². The van der Waals surface area contributed by atoms with Gasteiger partial charge in [-0.15, -0.1) is 23.7 Å². The van der Waals surface area contributed by atoms with Crippen molar-refractivity contribution in [2.75, 3.05) is 19.6 Å². The molecule has 0 saturated carbocycles. The van der Waals surface area contributed by atoms with Crippen molar-refractivity contribution in [3.8, 4) is 0 Å². The minimum Gasteiger partial charge on any atom is -0.303 e. The van der Waals surface area contributed by atoms with Gasteiger partial charge in [-0.05, 0) is 56.0 Å². The van der Waals surface area contributed by atoms with Crippen molar-refractivity contribution in [2.24, 2.45) is 11.8 Å². The van der Waals surface area contributed by atoms with E-state index in [9.17, 15) is 4.79 Å². The number of piperidine rings is 3. The predicted octanol–water partition coefficient (Wildman–Crippen LogP) is 3.63. The van der Waals surface area contributed by atoms with Crippen LogP contribution in [0.2, 0.25) is 0 Å². The second kappa shape index (κ2) is 6.03. The molecule has 1 atom stereocenters. The number of hydrogen-bond donors (Lipinski definition) is 0. The van der Waals surface area contributed by atoms with Crippen LogP contribution >= 0.6 is 23.7 Å². The quantitative estimate of drug-likeness (QED) is 0.809. The van der Waals surface area contributed by atoms with Crippen molar-refractivity contribution in [3.63, 3.8) is 0 Å². The molecule has 0 radical (unpaired) electrons. The molecule has 3 aliphatic heterocycles. The number of thiazole rings is 1. The summed E-state index contributed by atoms with van der Waals surface area (Å²) in [5.74, 6) is 1.65. The fourth-order valence-electron chi connectivity index (χ4n) is 3.70. The van der Waals surface area contributed by atoms with Crippen LogP contribution in [0.1, 0.15) is 29.6 Å². The van der Waals surface area contributed by atoms with E-state index in [4.69, 9.17) is 0 Å². The standard InChI is InChI=1S/C16H18N2OS.ClH/c19-15(7-13-9-18-5-3-11(13)4-6-18)12-1-2-14-16(8-12)20-10-17-14;/h1-2,8,10-11,13H,3-7,9H2;1H/t13-;/m1./s1. The van der Waals surface area contributed by atoms with Crippen LogP contribution in [0.4, 0.5) is 0 Å². The number of nitrogens with zero attached hydrogens (tertiary/aromatic N) is 2. The molecule has 2 aromatic rings. The third-order valence-corrected chi connectivity index (χ3v) is 5.68. The highest BCUT2D eigenvalue weighted by Crippen LogP contribution is 2.35. The van der Waals surface area contributed by atoms with E-state index in [1.54, 1.807) is 11.3 Å². The highest BCUT2D eigenvalue weighted by atomic mass is 35.5. The lowest BCUT2D eigenvalue weighted by Crippen LogP contribution is -2.47.